The van der Waals surface area contributed by atoms with Crippen molar-refractivity contribution in [2.45, 2.75) is 0 Å². The summed E-state index contributed by atoms with van der Waals surface area (Å²) in [5.41, 5.74) is 3.97. The Bertz CT molecular complexity index is 700. The number of nitrogens with zero attached hydrogens (tertiary/aromatic N) is 3. The molecular formula is C14H14N4. The summed E-state index contributed by atoms with van der Waals surface area (Å²) in [4.78, 5) is 9.01. The van der Waals surface area contributed by atoms with Gasteiger partial charge in [-0.15, -0.1) is 0 Å². The lowest BCUT2D eigenvalue weighted by Gasteiger charge is -2.08. The molecule has 0 radical (unpaired) electrons. The van der Waals surface area contributed by atoms with Crippen molar-refractivity contribution < 1.29 is 0 Å². The van der Waals surface area contributed by atoms with Crippen LogP contribution in [0.4, 0.5) is 5.69 Å². The molecule has 4 nitrogen and oxygen atoms in total. The summed E-state index contributed by atoms with van der Waals surface area (Å²) in [5.74, 6) is 0.925. The van der Waals surface area contributed by atoms with E-state index in [1.807, 2.05) is 49.0 Å². The lowest BCUT2D eigenvalue weighted by atomic mass is 10.1. The number of pyridine rings is 1. The summed E-state index contributed by atoms with van der Waals surface area (Å²) in [6.07, 6.45) is 1.79. The zero-order valence-electron chi connectivity index (χ0n) is 10.4. The number of para-hydroxylation sites is 1. The highest BCUT2D eigenvalue weighted by Crippen LogP contribution is 2.28. The monoisotopic (exact) mass is 238 g/mol. The minimum absolute atomic E-state index is 0.901. The minimum Gasteiger partial charge on any atom is -0.388 e. The molecule has 4 heteroatoms. The number of rotatable bonds is 2. The van der Waals surface area contributed by atoms with Gasteiger partial charge in [0.05, 0.1) is 0 Å². The standard InChI is InChI=1S/C14H14N4/c1-15-11-7-4-3-6-10(11)13-17-12-8-5-9-16-14(12)18(13)2/h3-9,15H,1-2H3. The van der Waals surface area contributed by atoms with Crippen molar-refractivity contribution in [3.63, 3.8) is 0 Å². The van der Waals surface area contributed by atoms with Crippen molar-refractivity contribution in [1.82, 2.24) is 14.5 Å². The van der Waals surface area contributed by atoms with E-state index in [-0.39, 0.29) is 0 Å². The Morgan fingerprint density at radius 1 is 1.11 bits per heavy atom. The van der Waals surface area contributed by atoms with Gasteiger partial charge in [0.1, 0.15) is 11.3 Å². The van der Waals surface area contributed by atoms with Crippen molar-refractivity contribution in [2.24, 2.45) is 7.05 Å². The smallest absolute Gasteiger partial charge is 0.159 e. The molecular weight excluding hydrogens is 224 g/mol. The first-order chi connectivity index (χ1) is 8.81. The van der Waals surface area contributed by atoms with Crippen LogP contribution < -0.4 is 5.32 Å². The normalized spacial score (nSPS) is 10.8. The van der Waals surface area contributed by atoms with Crippen LogP contribution in [0.2, 0.25) is 0 Å². The van der Waals surface area contributed by atoms with Crippen LogP contribution in [0.3, 0.4) is 0 Å². The molecule has 1 N–H and O–H groups in total. The van der Waals surface area contributed by atoms with E-state index in [0.717, 1.165) is 28.2 Å². The van der Waals surface area contributed by atoms with Crippen LogP contribution in [0.15, 0.2) is 42.6 Å². The maximum Gasteiger partial charge on any atom is 0.159 e. The molecule has 0 bridgehead atoms. The number of anilines is 1. The Morgan fingerprint density at radius 2 is 1.94 bits per heavy atom. The first-order valence-electron chi connectivity index (χ1n) is 5.86. The Hall–Kier alpha value is -2.36. The van der Waals surface area contributed by atoms with Crippen molar-refractivity contribution in [3.8, 4) is 11.4 Å². The fourth-order valence-corrected chi connectivity index (χ4v) is 2.16. The van der Waals surface area contributed by atoms with E-state index in [1.54, 1.807) is 6.20 Å². The number of hydrogen-bond donors (Lipinski definition) is 1. The van der Waals surface area contributed by atoms with Gasteiger partial charge in [-0.2, -0.15) is 0 Å². The molecule has 0 aliphatic heterocycles. The van der Waals surface area contributed by atoms with Gasteiger partial charge >= 0.3 is 0 Å². The van der Waals surface area contributed by atoms with Crippen LogP contribution >= 0.6 is 0 Å². The lowest BCUT2D eigenvalue weighted by molar-refractivity contribution is 0.942. The lowest BCUT2D eigenvalue weighted by Crippen LogP contribution is -1.97. The van der Waals surface area contributed by atoms with Gasteiger partial charge in [0.15, 0.2) is 5.65 Å². The number of nitrogens with one attached hydrogen (secondary N) is 1. The van der Waals surface area contributed by atoms with Crippen molar-refractivity contribution >= 4 is 16.9 Å². The molecule has 3 aromatic rings. The van der Waals surface area contributed by atoms with Crippen molar-refractivity contribution in [3.05, 3.63) is 42.6 Å². The second kappa shape index (κ2) is 4.14. The predicted molar refractivity (Wildman–Crippen MR) is 73.5 cm³/mol. The SMILES string of the molecule is CNc1ccccc1-c1nc2cccnc2n1C. The van der Waals surface area contributed by atoms with Gasteiger partial charge in [-0.25, -0.2) is 9.97 Å². The molecule has 0 aliphatic carbocycles. The molecule has 0 fully saturated rings. The Kier molecular flexibility index (Phi) is 2.48. The molecule has 0 saturated heterocycles. The minimum atomic E-state index is 0.901. The van der Waals surface area contributed by atoms with Crippen LogP contribution in [0.5, 0.6) is 0 Å². The highest BCUT2D eigenvalue weighted by molar-refractivity contribution is 5.81. The van der Waals surface area contributed by atoms with Gasteiger partial charge in [-0.3, -0.25) is 0 Å². The third kappa shape index (κ3) is 1.54. The molecule has 0 amide bonds. The predicted octanol–water partition coefficient (Wildman–Crippen LogP) is 2.68. The average Bonchev–Trinajstić information content (AvgIpc) is 2.76. The molecule has 0 aliphatic rings. The topological polar surface area (TPSA) is 42.7 Å². The maximum atomic E-state index is 4.65. The average molecular weight is 238 g/mol. The third-order valence-electron chi connectivity index (χ3n) is 3.07. The Morgan fingerprint density at radius 3 is 2.72 bits per heavy atom. The van der Waals surface area contributed by atoms with E-state index in [0.29, 0.717) is 0 Å². The number of imidazole rings is 1. The second-order valence-corrected chi connectivity index (χ2v) is 4.14. The van der Waals surface area contributed by atoms with E-state index in [1.165, 1.54) is 0 Å². The number of aryl methyl sites for hydroxylation is 1. The first kappa shape index (κ1) is 10.8. The third-order valence-corrected chi connectivity index (χ3v) is 3.07. The number of aromatic nitrogens is 3. The van der Waals surface area contributed by atoms with Gasteiger partial charge in [0.2, 0.25) is 0 Å². The van der Waals surface area contributed by atoms with E-state index in [4.69, 9.17) is 0 Å². The van der Waals surface area contributed by atoms with Crippen molar-refractivity contribution in [1.29, 1.82) is 0 Å². The summed E-state index contributed by atoms with van der Waals surface area (Å²) in [5, 5.41) is 3.19. The summed E-state index contributed by atoms with van der Waals surface area (Å²) < 4.78 is 2.02. The molecule has 1 aromatic carbocycles. The molecule has 90 valence electrons. The van der Waals surface area contributed by atoms with Crippen LogP contribution in [0.1, 0.15) is 0 Å². The number of fused-ring (bicyclic) bond motifs is 1. The highest BCUT2D eigenvalue weighted by atomic mass is 15.1. The molecule has 0 spiro atoms. The Balaban J connectivity index is 2.28. The molecule has 2 aromatic heterocycles. The van der Waals surface area contributed by atoms with Gasteiger partial charge in [0, 0.05) is 31.5 Å². The van der Waals surface area contributed by atoms with E-state index in [2.05, 4.69) is 21.4 Å². The van der Waals surface area contributed by atoms with Crippen LogP contribution in [-0.4, -0.2) is 21.6 Å². The first-order valence-corrected chi connectivity index (χ1v) is 5.86. The number of hydrogen-bond acceptors (Lipinski definition) is 3. The van der Waals surface area contributed by atoms with E-state index in [9.17, 15) is 0 Å². The van der Waals surface area contributed by atoms with Gasteiger partial charge in [-0.05, 0) is 24.3 Å². The van der Waals surface area contributed by atoms with Crippen molar-refractivity contribution in [2.75, 3.05) is 12.4 Å². The maximum absolute atomic E-state index is 4.65. The summed E-state index contributed by atoms with van der Waals surface area (Å²) in [7, 11) is 3.91. The number of benzene rings is 1. The molecule has 0 saturated carbocycles. The summed E-state index contributed by atoms with van der Waals surface area (Å²) >= 11 is 0. The van der Waals surface area contributed by atoms with E-state index >= 15 is 0 Å². The molecule has 18 heavy (non-hydrogen) atoms. The second-order valence-electron chi connectivity index (χ2n) is 4.14. The van der Waals surface area contributed by atoms with Gasteiger partial charge < -0.3 is 9.88 Å². The highest BCUT2D eigenvalue weighted by Gasteiger charge is 2.12. The van der Waals surface area contributed by atoms with Crippen LogP contribution in [0.25, 0.3) is 22.6 Å². The molecule has 0 atom stereocenters. The van der Waals surface area contributed by atoms with Crippen LogP contribution in [-0.2, 0) is 7.05 Å². The zero-order valence-corrected chi connectivity index (χ0v) is 10.4. The van der Waals surface area contributed by atoms with Crippen LogP contribution in [0, 0.1) is 0 Å². The fourth-order valence-electron chi connectivity index (χ4n) is 2.16. The Labute approximate surface area is 105 Å². The molecule has 3 rings (SSSR count). The molecule has 2 heterocycles. The van der Waals surface area contributed by atoms with Gasteiger partial charge in [-0.1, -0.05) is 12.1 Å². The zero-order chi connectivity index (χ0) is 12.5. The van der Waals surface area contributed by atoms with E-state index < -0.39 is 0 Å². The summed E-state index contributed by atoms with van der Waals surface area (Å²) in [6.45, 7) is 0. The quantitative estimate of drug-likeness (QED) is 0.746. The molecule has 0 unspecified atom stereocenters. The summed E-state index contributed by atoms with van der Waals surface area (Å²) in [6, 6.07) is 12.0. The largest absolute Gasteiger partial charge is 0.388 e. The van der Waals surface area contributed by atoms with Gasteiger partial charge in [0.25, 0.3) is 0 Å². The fraction of sp³-hybridized carbons (Fsp3) is 0.143.